The lowest BCUT2D eigenvalue weighted by Gasteiger charge is -2.13. The summed E-state index contributed by atoms with van der Waals surface area (Å²) in [6, 6.07) is 6.08. The first kappa shape index (κ1) is 12.9. The van der Waals surface area contributed by atoms with Gasteiger partial charge in [-0.3, -0.25) is 0 Å². The van der Waals surface area contributed by atoms with Gasteiger partial charge in [0.2, 0.25) is 0 Å². The third kappa shape index (κ3) is 3.42. The van der Waals surface area contributed by atoms with Gasteiger partial charge in [0.15, 0.2) is 11.6 Å². The Morgan fingerprint density at radius 2 is 2.31 bits per heavy atom. The second kappa shape index (κ2) is 6.39. The quantitative estimate of drug-likeness (QED) is 0.801. The normalized spacial score (nSPS) is 11.9. The molecule has 1 atom stereocenters. The number of hydrogen-bond acceptors (Lipinski definition) is 3. The van der Waals surface area contributed by atoms with Gasteiger partial charge in [-0.15, -0.1) is 0 Å². The van der Waals surface area contributed by atoms with Gasteiger partial charge in [0, 0.05) is 5.92 Å². The molecular formula is C12H14FNOS. The Balaban J connectivity index is 2.65. The molecule has 4 heteroatoms. The van der Waals surface area contributed by atoms with Crippen molar-refractivity contribution in [2.24, 2.45) is 5.92 Å². The molecule has 16 heavy (non-hydrogen) atoms. The molecule has 1 unspecified atom stereocenters. The summed E-state index contributed by atoms with van der Waals surface area (Å²) in [6.07, 6.45) is 0.946. The molecule has 0 saturated carbocycles. The Morgan fingerprint density at radius 3 is 2.81 bits per heavy atom. The molecule has 0 aliphatic heterocycles. The summed E-state index contributed by atoms with van der Waals surface area (Å²) in [7, 11) is 0. The van der Waals surface area contributed by atoms with E-state index in [0.29, 0.717) is 23.8 Å². The Labute approximate surface area is 100 Å². The standard InChI is InChI=1S/C12H14FNOS/c1-2-9(8-16)7-15-12-4-3-10(6-14)5-11(12)13/h3-5,9,16H,2,7-8H2,1H3. The van der Waals surface area contributed by atoms with Gasteiger partial charge in [-0.05, 0) is 30.4 Å². The minimum atomic E-state index is -0.493. The van der Waals surface area contributed by atoms with E-state index in [0.717, 1.165) is 6.42 Å². The van der Waals surface area contributed by atoms with Crippen LogP contribution in [0, 0.1) is 23.1 Å². The summed E-state index contributed by atoms with van der Waals surface area (Å²) in [4.78, 5) is 0. The average molecular weight is 239 g/mol. The van der Waals surface area contributed by atoms with E-state index in [2.05, 4.69) is 12.6 Å². The van der Waals surface area contributed by atoms with Crippen molar-refractivity contribution in [2.45, 2.75) is 13.3 Å². The molecule has 0 radical (unpaired) electrons. The maximum Gasteiger partial charge on any atom is 0.166 e. The maximum atomic E-state index is 13.4. The van der Waals surface area contributed by atoms with Crippen molar-refractivity contribution in [3.63, 3.8) is 0 Å². The third-order valence-corrected chi connectivity index (χ3v) is 2.89. The lowest BCUT2D eigenvalue weighted by molar-refractivity contribution is 0.249. The number of hydrogen-bond donors (Lipinski definition) is 1. The van der Waals surface area contributed by atoms with Crippen LogP contribution in [0.1, 0.15) is 18.9 Å². The van der Waals surface area contributed by atoms with Crippen molar-refractivity contribution in [2.75, 3.05) is 12.4 Å². The minimum absolute atomic E-state index is 0.194. The van der Waals surface area contributed by atoms with Crippen LogP contribution in [0.25, 0.3) is 0 Å². The summed E-state index contributed by atoms with van der Waals surface area (Å²) in [5.41, 5.74) is 0.297. The fraction of sp³-hybridized carbons (Fsp3) is 0.417. The van der Waals surface area contributed by atoms with Crippen molar-refractivity contribution < 1.29 is 9.13 Å². The monoisotopic (exact) mass is 239 g/mol. The van der Waals surface area contributed by atoms with E-state index in [1.807, 2.05) is 13.0 Å². The second-order valence-electron chi connectivity index (χ2n) is 3.52. The predicted molar refractivity (Wildman–Crippen MR) is 64.2 cm³/mol. The zero-order valence-electron chi connectivity index (χ0n) is 9.11. The molecule has 0 aliphatic carbocycles. The van der Waals surface area contributed by atoms with Gasteiger partial charge in [0.1, 0.15) is 0 Å². The smallest absolute Gasteiger partial charge is 0.166 e. The number of thiol groups is 1. The first-order valence-electron chi connectivity index (χ1n) is 5.14. The molecule has 1 aromatic carbocycles. The van der Waals surface area contributed by atoms with E-state index in [4.69, 9.17) is 10.00 Å². The molecule has 0 N–H and O–H groups in total. The molecule has 0 bridgehead atoms. The van der Waals surface area contributed by atoms with E-state index < -0.39 is 5.82 Å². The van der Waals surface area contributed by atoms with Gasteiger partial charge in [0.25, 0.3) is 0 Å². The lowest BCUT2D eigenvalue weighted by atomic mass is 10.1. The van der Waals surface area contributed by atoms with Crippen molar-refractivity contribution in [1.29, 1.82) is 5.26 Å². The largest absolute Gasteiger partial charge is 0.490 e. The molecule has 0 spiro atoms. The highest BCUT2D eigenvalue weighted by Crippen LogP contribution is 2.19. The van der Waals surface area contributed by atoms with Crippen molar-refractivity contribution in [3.05, 3.63) is 29.6 Å². The van der Waals surface area contributed by atoms with E-state index in [1.165, 1.54) is 12.1 Å². The number of rotatable bonds is 5. The molecular weight excluding hydrogens is 225 g/mol. The lowest BCUT2D eigenvalue weighted by Crippen LogP contribution is -2.13. The van der Waals surface area contributed by atoms with Crippen LogP contribution in [0.15, 0.2) is 18.2 Å². The van der Waals surface area contributed by atoms with Gasteiger partial charge in [0.05, 0.1) is 18.2 Å². The van der Waals surface area contributed by atoms with Crippen molar-refractivity contribution in [3.8, 4) is 11.8 Å². The van der Waals surface area contributed by atoms with E-state index in [9.17, 15) is 4.39 Å². The van der Waals surface area contributed by atoms with Gasteiger partial charge < -0.3 is 4.74 Å². The van der Waals surface area contributed by atoms with Crippen LogP contribution in [0.2, 0.25) is 0 Å². The molecule has 0 aliphatic rings. The van der Waals surface area contributed by atoms with Crippen LogP contribution in [0.5, 0.6) is 5.75 Å². The summed E-state index contributed by atoms with van der Waals surface area (Å²) in [5, 5.41) is 8.58. The van der Waals surface area contributed by atoms with E-state index in [1.54, 1.807) is 6.07 Å². The average Bonchev–Trinajstić information content (AvgIpc) is 2.32. The fourth-order valence-electron chi connectivity index (χ4n) is 1.19. The highest BCUT2D eigenvalue weighted by atomic mass is 32.1. The van der Waals surface area contributed by atoms with Gasteiger partial charge in [-0.1, -0.05) is 6.92 Å². The van der Waals surface area contributed by atoms with Gasteiger partial charge in [-0.25, -0.2) is 4.39 Å². The molecule has 2 nitrogen and oxygen atoms in total. The molecule has 0 fully saturated rings. The Bertz CT molecular complexity index is 385. The molecule has 1 aromatic rings. The predicted octanol–water partition coefficient (Wildman–Crippen LogP) is 3.03. The highest BCUT2D eigenvalue weighted by molar-refractivity contribution is 7.80. The van der Waals surface area contributed by atoms with Crippen LogP contribution in [-0.2, 0) is 0 Å². The number of halogens is 1. The Morgan fingerprint density at radius 1 is 1.56 bits per heavy atom. The highest BCUT2D eigenvalue weighted by Gasteiger charge is 2.08. The topological polar surface area (TPSA) is 33.0 Å². The van der Waals surface area contributed by atoms with Crippen LogP contribution in [0.3, 0.4) is 0 Å². The number of nitrogens with zero attached hydrogens (tertiary/aromatic N) is 1. The summed E-state index contributed by atoms with van der Waals surface area (Å²) in [6.45, 7) is 2.49. The summed E-state index contributed by atoms with van der Waals surface area (Å²) < 4.78 is 18.7. The van der Waals surface area contributed by atoms with Crippen molar-refractivity contribution >= 4 is 12.6 Å². The van der Waals surface area contributed by atoms with Crippen LogP contribution >= 0.6 is 12.6 Å². The first-order valence-corrected chi connectivity index (χ1v) is 5.77. The summed E-state index contributed by atoms with van der Waals surface area (Å²) in [5.74, 6) is 0.736. The molecule has 0 saturated heterocycles. The fourth-order valence-corrected chi connectivity index (χ4v) is 1.56. The van der Waals surface area contributed by atoms with Crippen molar-refractivity contribution in [1.82, 2.24) is 0 Å². The van der Waals surface area contributed by atoms with Crippen LogP contribution in [-0.4, -0.2) is 12.4 Å². The number of ether oxygens (including phenoxy) is 1. The van der Waals surface area contributed by atoms with Gasteiger partial charge in [-0.2, -0.15) is 17.9 Å². The molecule has 1 rings (SSSR count). The Kier molecular flexibility index (Phi) is 5.13. The minimum Gasteiger partial charge on any atom is -0.490 e. The zero-order valence-corrected chi connectivity index (χ0v) is 10.0. The second-order valence-corrected chi connectivity index (χ2v) is 3.89. The molecule has 0 aromatic heterocycles. The number of benzene rings is 1. The first-order chi connectivity index (χ1) is 7.71. The number of nitriles is 1. The summed E-state index contributed by atoms with van der Waals surface area (Å²) >= 11 is 4.18. The third-order valence-electron chi connectivity index (χ3n) is 2.37. The zero-order chi connectivity index (χ0) is 12.0. The maximum absolute atomic E-state index is 13.4. The van der Waals surface area contributed by atoms with E-state index >= 15 is 0 Å². The Hall–Kier alpha value is -1.21. The SMILES string of the molecule is CCC(CS)COc1ccc(C#N)cc1F. The van der Waals surface area contributed by atoms with E-state index in [-0.39, 0.29) is 5.75 Å². The molecule has 0 amide bonds. The van der Waals surface area contributed by atoms with Crippen LogP contribution < -0.4 is 4.74 Å². The van der Waals surface area contributed by atoms with Crippen LogP contribution in [0.4, 0.5) is 4.39 Å². The molecule has 86 valence electrons. The van der Waals surface area contributed by atoms with Gasteiger partial charge >= 0.3 is 0 Å². The molecule has 0 heterocycles.